The van der Waals surface area contributed by atoms with Gasteiger partial charge in [-0.15, -0.1) is 0 Å². The molecule has 1 aliphatic heterocycles. The monoisotopic (exact) mass is 234 g/mol. The average molecular weight is 234 g/mol. The van der Waals surface area contributed by atoms with E-state index in [0.717, 1.165) is 49.9 Å². The van der Waals surface area contributed by atoms with E-state index < -0.39 is 0 Å². The van der Waals surface area contributed by atoms with Gasteiger partial charge in [-0.3, -0.25) is 0 Å². The average Bonchev–Trinajstić information content (AvgIpc) is 2.89. The number of aromatic nitrogens is 2. The highest BCUT2D eigenvalue weighted by Gasteiger charge is 2.16. The van der Waals surface area contributed by atoms with Gasteiger partial charge in [-0.1, -0.05) is 13.8 Å². The minimum atomic E-state index is 0.903. The largest absolute Gasteiger partial charge is 0.370 e. The standard InChI is InChI=1S/C13H22N4/c1-3-7-14-12-10-11(4-2)15-13(16-12)17-8-5-6-9-17/h10H,3-9H2,1-2H3,(H,14,15,16). The number of nitrogens with one attached hydrogen (secondary N) is 1. The van der Waals surface area contributed by atoms with Gasteiger partial charge in [-0.05, 0) is 25.7 Å². The molecule has 0 unspecified atom stereocenters. The number of hydrogen-bond donors (Lipinski definition) is 1. The summed E-state index contributed by atoms with van der Waals surface area (Å²) in [6, 6.07) is 2.06. The molecule has 0 radical (unpaired) electrons. The van der Waals surface area contributed by atoms with Crippen molar-refractivity contribution in [3.05, 3.63) is 11.8 Å². The summed E-state index contributed by atoms with van der Waals surface area (Å²) in [5.41, 5.74) is 1.13. The van der Waals surface area contributed by atoms with E-state index in [2.05, 4.69) is 40.1 Å². The summed E-state index contributed by atoms with van der Waals surface area (Å²) in [4.78, 5) is 11.5. The Morgan fingerprint density at radius 2 is 2.00 bits per heavy atom. The first kappa shape index (κ1) is 12.1. The Balaban J connectivity index is 2.18. The van der Waals surface area contributed by atoms with Gasteiger partial charge in [0.2, 0.25) is 5.95 Å². The molecule has 94 valence electrons. The maximum atomic E-state index is 4.62. The van der Waals surface area contributed by atoms with Crippen LogP contribution in [0.25, 0.3) is 0 Å². The first-order valence-corrected chi connectivity index (χ1v) is 6.70. The lowest BCUT2D eigenvalue weighted by atomic mass is 10.3. The lowest BCUT2D eigenvalue weighted by molar-refractivity contribution is 0.869. The SMILES string of the molecule is CCCNc1cc(CC)nc(N2CCCC2)n1. The molecule has 0 atom stereocenters. The molecule has 0 spiro atoms. The maximum Gasteiger partial charge on any atom is 0.227 e. The van der Waals surface area contributed by atoms with Gasteiger partial charge in [0, 0.05) is 31.4 Å². The lowest BCUT2D eigenvalue weighted by Gasteiger charge is -2.17. The van der Waals surface area contributed by atoms with Crippen molar-refractivity contribution >= 4 is 11.8 Å². The van der Waals surface area contributed by atoms with Crippen LogP contribution in [0.3, 0.4) is 0 Å². The van der Waals surface area contributed by atoms with Gasteiger partial charge < -0.3 is 10.2 Å². The Bertz CT molecular complexity index is 358. The molecule has 1 fully saturated rings. The van der Waals surface area contributed by atoms with E-state index in [4.69, 9.17) is 0 Å². The number of anilines is 2. The molecule has 17 heavy (non-hydrogen) atoms. The van der Waals surface area contributed by atoms with Crippen LogP contribution >= 0.6 is 0 Å². The summed E-state index contributed by atoms with van der Waals surface area (Å²) < 4.78 is 0. The minimum absolute atomic E-state index is 0.903. The van der Waals surface area contributed by atoms with E-state index in [-0.39, 0.29) is 0 Å². The van der Waals surface area contributed by atoms with Crippen LogP contribution in [-0.2, 0) is 6.42 Å². The van der Waals surface area contributed by atoms with E-state index in [1.807, 2.05) is 0 Å². The van der Waals surface area contributed by atoms with Crippen LogP contribution in [0.15, 0.2) is 6.07 Å². The predicted octanol–water partition coefficient (Wildman–Crippen LogP) is 2.46. The summed E-state index contributed by atoms with van der Waals surface area (Å²) >= 11 is 0. The second-order valence-electron chi connectivity index (χ2n) is 4.52. The zero-order valence-corrected chi connectivity index (χ0v) is 10.9. The van der Waals surface area contributed by atoms with E-state index >= 15 is 0 Å². The zero-order chi connectivity index (χ0) is 12.1. The molecule has 0 amide bonds. The van der Waals surface area contributed by atoms with E-state index in [1.54, 1.807) is 0 Å². The van der Waals surface area contributed by atoms with Crippen molar-refractivity contribution in [2.75, 3.05) is 29.9 Å². The van der Waals surface area contributed by atoms with Crippen LogP contribution in [0.1, 0.15) is 38.8 Å². The molecule has 0 aromatic carbocycles. The van der Waals surface area contributed by atoms with E-state index in [9.17, 15) is 0 Å². The van der Waals surface area contributed by atoms with Gasteiger partial charge in [0.25, 0.3) is 0 Å². The first-order chi connectivity index (χ1) is 8.33. The molecule has 1 aromatic rings. The molecule has 1 aliphatic rings. The molecular weight excluding hydrogens is 212 g/mol. The third kappa shape index (κ3) is 3.08. The molecule has 0 saturated carbocycles. The second-order valence-corrected chi connectivity index (χ2v) is 4.52. The molecule has 0 bridgehead atoms. The maximum absolute atomic E-state index is 4.62. The first-order valence-electron chi connectivity index (χ1n) is 6.70. The van der Waals surface area contributed by atoms with Crippen LogP contribution in [0, 0.1) is 0 Å². The van der Waals surface area contributed by atoms with Crippen LogP contribution < -0.4 is 10.2 Å². The van der Waals surface area contributed by atoms with E-state index in [1.165, 1.54) is 12.8 Å². The third-order valence-corrected chi connectivity index (χ3v) is 3.07. The van der Waals surface area contributed by atoms with Gasteiger partial charge in [0.1, 0.15) is 5.82 Å². The molecule has 4 heteroatoms. The van der Waals surface area contributed by atoms with Crippen molar-refractivity contribution < 1.29 is 0 Å². The van der Waals surface area contributed by atoms with Gasteiger partial charge >= 0.3 is 0 Å². The summed E-state index contributed by atoms with van der Waals surface area (Å²) in [6.45, 7) is 7.47. The molecule has 1 saturated heterocycles. The van der Waals surface area contributed by atoms with Crippen molar-refractivity contribution in [2.45, 2.75) is 39.5 Å². The normalized spacial score (nSPS) is 15.3. The summed E-state index contributed by atoms with van der Waals surface area (Å²) in [5, 5.41) is 3.36. The molecule has 0 aliphatic carbocycles. The van der Waals surface area contributed by atoms with Gasteiger partial charge in [0.05, 0.1) is 0 Å². The van der Waals surface area contributed by atoms with Gasteiger partial charge in [-0.2, -0.15) is 4.98 Å². The summed E-state index contributed by atoms with van der Waals surface area (Å²) in [5.74, 6) is 1.88. The quantitative estimate of drug-likeness (QED) is 0.849. The highest BCUT2D eigenvalue weighted by atomic mass is 15.3. The Kier molecular flexibility index (Phi) is 4.18. The highest BCUT2D eigenvalue weighted by Crippen LogP contribution is 2.19. The predicted molar refractivity (Wildman–Crippen MR) is 71.6 cm³/mol. The van der Waals surface area contributed by atoms with Crippen molar-refractivity contribution in [2.24, 2.45) is 0 Å². The number of nitrogens with zero attached hydrogens (tertiary/aromatic N) is 3. The van der Waals surface area contributed by atoms with Crippen LogP contribution in [0.4, 0.5) is 11.8 Å². The van der Waals surface area contributed by atoms with E-state index in [0.29, 0.717) is 0 Å². The van der Waals surface area contributed by atoms with Crippen molar-refractivity contribution in [3.63, 3.8) is 0 Å². The molecule has 2 rings (SSSR count). The fraction of sp³-hybridized carbons (Fsp3) is 0.692. The minimum Gasteiger partial charge on any atom is -0.370 e. The molecule has 1 N–H and O–H groups in total. The topological polar surface area (TPSA) is 41.1 Å². The van der Waals surface area contributed by atoms with Crippen LogP contribution in [-0.4, -0.2) is 29.6 Å². The number of hydrogen-bond acceptors (Lipinski definition) is 4. The zero-order valence-electron chi connectivity index (χ0n) is 10.9. The smallest absolute Gasteiger partial charge is 0.227 e. The van der Waals surface area contributed by atoms with Crippen molar-refractivity contribution in [1.29, 1.82) is 0 Å². The fourth-order valence-electron chi connectivity index (χ4n) is 2.07. The Morgan fingerprint density at radius 1 is 1.24 bits per heavy atom. The van der Waals surface area contributed by atoms with Crippen LogP contribution in [0.2, 0.25) is 0 Å². The number of aryl methyl sites for hydroxylation is 1. The summed E-state index contributed by atoms with van der Waals surface area (Å²) in [6.07, 6.45) is 4.60. The Morgan fingerprint density at radius 3 is 2.65 bits per heavy atom. The summed E-state index contributed by atoms with van der Waals surface area (Å²) in [7, 11) is 0. The Labute approximate surface area is 103 Å². The number of rotatable bonds is 5. The van der Waals surface area contributed by atoms with Gasteiger partial charge in [0.15, 0.2) is 0 Å². The van der Waals surface area contributed by atoms with Crippen LogP contribution in [0.5, 0.6) is 0 Å². The van der Waals surface area contributed by atoms with Gasteiger partial charge in [-0.25, -0.2) is 4.98 Å². The molecule has 2 heterocycles. The lowest BCUT2D eigenvalue weighted by Crippen LogP contribution is -2.21. The van der Waals surface area contributed by atoms with Crippen molar-refractivity contribution in [1.82, 2.24) is 9.97 Å². The highest BCUT2D eigenvalue weighted by molar-refractivity contribution is 5.44. The fourth-order valence-corrected chi connectivity index (χ4v) is 2.07. The third-order valence-electron chi connectivity index (χ3n) is 3.07. The Hall–Kier alpha value is -1.32. The van der Waals surface area contributed by atoms with Crippen molar-refractivity contribution in [3.8, 4) is 0 Å². The molecule has 1 aromatic heterocycles. The second kappa shape index (κ2) is 5.84. The molecule has 4 nitrogen and oxygen atoms in total. The molecular formula is C13H22N4.